The molecule has 0 bridgehead atoms. The van der Waals surface area contributed by atoms with Gasteiger partial charge in [0.05, 0.1) is 12.0 Å². The maximum Gasteiger partial charge on any atom is 0.244 e. The van der Waals surface area contributed by atoms with Gasteiger partial charge in [0.1, 0.15) is 10.7 Å². The lowest BCUT2D eigenvalue weighted by Gasteiger charge is -2.18. The van der Waals surface area contributed by atoms with Gasteiger partial charge in [-0.2, -0.15) is 9.57 Å². The quantitative estimate of drug-likeness (QED) is 0.857. The first-order chi connectivity index (χ1) is 8.41. The van der Waals surface area contributed by atoms with Gasteiger partial charge in [0.2, 0.25) is 10.0 Å². The molecule has 1 N–H and O–H groups in total. The van der Waals surface area contributed by atoms with Gasteiger partial charge in [-0.05, 0) is 19.1 Å². The molecule has 1 aromatic heterocycles. The van der Waals surface area contributed by atoms with E-state index in [4.69, 9.17) is 5.26 Å². The van der Waals surface area contributed by atoms with Crippen LogP contribution in [0.25, 0.3) is 0 Å². The molecule has 0 saturated heterocycles. The van der Waals surface area contributed by atoms with Gasteiger partial charge >= 0.3 is 0 Å². The Bertz CT molecular complexity index is 533. The van der Waals surface area contributed by atoms with Gasteiger partial charge < -0.3 is 5.32 Å². The molecule has 1 unspecified atom stereocenters. The molecular weight excluding hydrogens is 252 g/mol. The summed E-state index contributed by atoms with van der Waals surface area (Å²) in [6.07, 6.45) is 1.30. The van der Waals surface area contributed by atoms with Crippen LogP contribution in [0.15, 0.2) is 23.2 Å². The summed E-state index contributed by atoms with van der Waals surface area (Å²) in [6, 6.07) is 5.09. The average molecular weight is 268 g/mol. The van der Waals surface area contributed by atoms with Crippen LogP contribution in [0.4, 0.5) is 5.82 Å². The second-order valence-corrected chi connectivity index (χ2v) is 5.99. The summed E-state index contributed by atoms with van der Waals surface area (Å²) in [7, 11) is -0.418. The third-order valence-electron chi connectivity index (χ3n) is 2.45. The number of anilines is 1. The van der Waals surface area contributed by atoms with Crippen LogP contribution >= 0.6 is 0 Å². The molecule has 0 fully saturated rings. The number of hydrogen-bond donors (Lipinski definition) is 1. The standard InChI is InChI=1S/C11H16N4O2S/c1-9(6-12)8-15(3)18(16,17)10-4-5-11(13-2)14-7-10/h4-5,7,9H,8H2,1-3H3,(H,13,14). The maximum atomic E-state index is 12.1. The summed E-state index contributed by atoms with van der Waals surface area (Å²) in [5.41, 5.74) is 0. The van der Waals surface area contributed by atoms with E-state index in [-0.39, 0.29) is 17.4 Å². The van der Waals surface area contributed by atoms with Gasteiger partial charge in [0.15, 0.2) is 0 Å². The fourth-order valence-corrected chi connectivity index (χ4v) is 2.59. The smallest absolute Gasteiger partial charge is 0.244 e. The normalized spacial score (nSPS) is 13.1. The Morgan fingerprint density at radius 2 is 2.22 bits per heavy atom. The Kier molecular flexibility index (Phi) is 4.64. The lowest BCUT2D eigenvalue weighted by Crippen LogP contribution is -2.30. The molecule has 7 heteroatoms. The Hall–Kier alpha value is -1.65. The second kappa shape index (κ2) is 5.80. The Morgan fingerprint density at radius 3 is 2.67 bits per heavy atom. The molecule has 0 spiro atoms. The summed E-state index contributed by atoms with van der Waals surface area (Å²) < 4.78 is 25.4. The van der Waals surface area contributed by atoms with E-state index < -0.39 is 10.0 Å². The van der Waals surface area contributed by atoms with Crippen LogP contribution < -0.4 is 5.32 Å². The maximum absolute atomic E-state index is 12.1. The van der Waals surface area contributed by atoms with E-state index in [1.807, 2.05) is 6.07 Å². The number of hydrogen-bond acceptors (Lipinski definition) is 5. The van der Waals surface area contributed by atoms with Crippen molar-refractivity contribution in [3.05, 3.63) is 18.3 Å². The van der Waals surface area contributed by atoms with E-state index in [1.165, 1.54) is 19.3 Å². The van der Waals surface area contributed by atoms with E-state index in [2.05, 4.69) is 10.3 Å². The van der Waals surface area contributed by atoms with Crippen molar-refractivity contribution >= 4 is 15.8 Å². The van der Waals surface area contributed by atoms with Crippen LogP contribution in [-0.4, -0.2) is 38.3 Å². The van der Waals surface area contributed by atoms with Crippen LogP contribution in [0.3, 0.4) is 0 Å². The zero-order valence-electron chi connectivity index (χ0n) is 10.6. The summed E-state index contributed by atoms with van der Waals surface area (Å²) in [5.74, 6) is 0.247. The molecule has 0 aliphatic rings. The summed E-state index contributed by atoms with van der Waals surface area (Å²) in [4.78, 5) is 4.08. The van der Waals surface area contributed by atoms with Gasteiger partial charge in [-0.1, -0.05) is 0 Å². The fourth-order valence-electron chi connectivity index (χ4n) is 1.39. The Morgan fingerprint density at radius 1 is 1.56 bits per heavy atom. The summed E-state index contributed by atoms with van der Waals surface area (Å²) in [6.45, 7) is 1.83. The van der Waals surface area contributed by atoms with Crippen molar-refractivity contribution in [3.8, 4) is 6.07 Å². The lowest BCUT2D eigenvalue weighted by molar-refractivity contribution is 0.439. The minimum atomic E-state index is -3.58. The van der Waals surface area contributed by atoms with E-state index in [9.17, 15) is 8.42 Å². The first kappa shape index (κ1) is 14.4. The molecule has 0 aliphatic carbocycles. The largest absolute Gasteiger partial charge is 0.373 e. The van der Waals surface area contributed by atoms with Crippen LogP contribution in [0.2, 0.25) is 0 Å². The third kappa shape index (κ3) is 3.18. The molecule has 0 aromatic carbocycles. The Balaban J connectivity index is 2.95. The number of rotatable bonds is 5. The van der Waals surface area contributed by atoms with Gasteiger partial charge in [0, 0.05) is 26.8 Å². The fraction of sp³-hybridized carbons (Fsp3) is 0.455. The predicted octanol–water partition coefficient (Wildman–Crippen LogP) is 0.903. The highest BCUT2D eigenvalue weighted by Crippen LogP contribution is 2.15. The SMILES string of the molecule is CNc1ccc(S(=O)(=O)N(C)CC(C)C#N)cn1. The van der Waals surface area contributed by atoms with E-state index in [1.54, 1.807) is 20.0 Å². The first-order valence-corrected chi connectivity index (χ1v) is 6.85. The highest BCUT2D eigenvalue weighted by Gasteiger charge is 2.22. The Labute approximate surface area is 107 Å². The van der Waals surface area contributed by atoms with Crippen LogP contribution in [0.1, 0.15) is 6.92 Å². The van der Waals surface area contributed by atoms with Crippen LogP contribution in [0.5, 0.6) is 0 Å². The van der Waals surface area contributed by atoms with Crippen molar-refractivity contribution in [1.82, 2.24) is 9.29 Å². The van der Waals surface area contributed by atoms with E-state index in [0.29, 0.717) is 5.82 Å². The minimum Gasteiger partial charge on any atom is -0.373 e. The van der Waals surface area contributed by atoms with Gasteiger partial charge in [0.25, 0.3) is 0 Å². The number of aromatic nitrogens is 1. The summed E-state index contributed by atoms with van der Waals surface area (Å²) >= 11 is 0. The minimum absolute atomic E-state index is 0.120. The lowest BCUT2D eigenvalue weighted by atomic mass is 10.2. The molecular formula is C11H16N4O2S. The molecule has 0 saturated carbocycles. The number of nitrogens with one attached hydrogen (secondary N) is 1. The molecule has 0 aliphatic heterocycles. The monoisotopic (exact) mass is 268 g/mol. The zero-order chi connectivity index (χ0) is 13.8. The number of sulfonamides is 1. The zero-order valence-corrected chi connectivity index (χ0v) is 11.4. The molecule has 98 valence electrons. The number of nitriles is 1. The van der Waals surface area contributed by atoms with E-state index in [0.717, 1.165) is 4.31 Å². The molecule has 0 radical (unpaired) electrons. The topological polar surface area (TPSA) is 86.1 Å². The molecule has 1 aromatic rings. The number of nitrogens with zero attached hydrogens (tertiary/aromatic N) is 3. The molecule has 0 amide bonds. The van der Waals surface area contributed by atoms with Crippen molar-refractivity contribution in [2.75, 3.05) is 26.0 Å². The predicted molar refractivity (Wildman–Crippen MR) is 68.4 cm³/mol. The van der Waals surface area contributed by atoms with Crippen LogP contribution in [0, 0.1) is 17.2 Å². The van der Waals surface area contributed by atoms with Gasteiger partial charge in [-0.15, -0.1) is 0 Å². The molecule has 1 heterocycles. The van der Waals surface area contributed by atoms with Crippen molar-refractivity contribution < 1.29 is 8.42 Å². The molecule has 6 nitrogen and oxygen atoms in total. The summed E-state index contributed by atoms with van der Waals surface area (Å²) in [5, 5.41) is 11.5. The van der Waals surface area contributed by atoms with Crippen molar-refractivity contribution in [2.45, 2.75) is 11.8 Å². The molecule has 1 atom stereocenters. The third-order valence-corrected chi connectivity index (χ3v) is 4.26. The van der Waals surface area contributed by atoms with Crippen molar-refractivity contribution in [3.63, 3.8) is 0 Å². The highest BCUT2D eigenvalue weighted by atomic mass is 32.2. The molecule has 18 heavy (non-hydrogen) atoms. The average Bonchev–Trinajstić information content (AvgIpc) is 2.38. The second-order valence-electron chi connectivity index (χ2n) is 3.94. The van der Waals surface area contributed by atoms with Crippen LogP contribution in [-0.2, 0) is 10.0 Å². The molecule has 1 rings (SSSR count). The number of pyridine rings is 1. The first-order valence-electron chi connectivity index (χ1n) is 5.41. The van der Waals surface area contributed by atoms with Crippen molar-refractivity contribution in [2.24, 2.45) is 5.92 Å². The van der Waals surface area contributed by atoms with Gasteiger partial charge in [-0.3, -0.25) is 0 Å². The van der Waals surface area contributed by atoms with Crippen molar-refractivity contribution in [1.29, 1.82) is 5.26 Å². The van der Waals surface area contributed by atoms with E-state index >= 15 is 0 Å². The highest BCUT2D eigenvalue weighted by molar-refractivity contribution is 7.89. The van der Waals surface area contributed by atoms with Gasteiger partial charge in [-0.25, -0.2) is 13.4 Å².